The van der Waals surface area contributed by atoms with E-state index in [0.29, 0.717) is 17.5 Å². The van der Waals surface area contributed by atoms with Crippen molar-refractivity contribution >= 4 is 5.91 Å². The molecule has 2 fully saturated rings. The number of carbonyl (C=O) groups is 1. The second kappa shape index (κ2) is 6.36. The minimum Gasteiger partial charge on any atom is -0.337 e. The van der Waals surface area contributed by atoms with E-state index in [1.165, 1.54) is 12.1 Å². The fourth-order valence-corrected chi connectivity index (χ4v) is 3.84. The molecule has 0 spiro atoms. The van der Waals surface area contributed by atoms with Gasteiger partial charge in [-0.3, -0.25) is 9.36 Å². The van der Waals surface area contributed by atoms with Gasteiger partial charge in [0, 0.05) is 18.8 Å². The molecule has 0 radical (unpaired) electrons. The fourth-order valence-electron chi connectivity index (χ4n) is 3.84. The van der Waals surface area contributed by atoms with Crippen LogP contribution in [0.1, 0.15) is 23.3 Å². The van der Waals surface area contributed by atoms with Crippen molar-refractivity contribution in [3.8, 4) is 5.69 Å². The molecule has 0 unspecified atom stereocenters. The monoisotopic (exact) mass is 328 g/mol. The molecule has 2 aromatic rings. The zero-order chi connectivity index (χ0) is 16.5. The molecule has 5 nitrogen and oxygen atoms in total. The lowest BCUT2D eigenvalue weighted by atomic mass is 9.92. The summed E-state index contributed by atoms with van der Waals surface area (Å²) < 4.78 is 14.9. The van der Waals surface area contributed by atoms with Gasteiger partial charge in [-0.25, -0.2) is 9.37 Å². The summed E-state index contributed by atoms with van der Waals surface area (Å²) in [6.07, 6.45) is 5.30. The molecule has 1 aromatic carbocycles. The van der Waals surface area contributed by atoms with Gasteiger partial charge in [-0.1, -0.05) is 0 Å². The van der Waals surface area contributed by atoms with Gasteiger partial charge in [0.05, 0.1) is 12.5 Å². The van der Waals surface area contributed by atoms with Crippen LogP contribution in [0.4, 0.5) is 4.39 Å². The molecule has 0 aliphatic carbocycles. The van der Waals surface area contributed by atoms with Gasteiger partial charge in [-0.15, -0.1) is 0 Å². The molecule has 2 atom stereocenters. The lowest BCUT2D eigenvalue weighted by Crippen LogP contribution is -2.34. The normalized spacial score (nSPS) is 23.8. The van der Waals surface area contributed by atoms with E-state index in [2.05, 4.69) is 10.3 Å². The van der Waals surface area contributed by atoms with E-state index < -0.39 is 0 Å². The van der Waals surface area contributed by atoms with Crippen LogP contribution in [0.3, 0.4) is 0 Å². The highest BCUT2D eigenvalue weighted by Gasteiger charge is 2.32. The molecule has 3 heterocycles. The number of fused-ring (bicyclic) bond motifs is 1. The smallest absolute Gasteiger partial charge is 0.272 e. The van der Waals surface area contributed by atoms with E-state index in [9.17, 15) is 9.18 Å². The first-order valence-electron chi connectivity index (χ1n) is 8.50. The van der Waals surface area contributed by atoms with Gasteiger partial charge in [0.1, 0.15) is 11.5 Å². The minimum absolute atomic E-state index is 0.00441. The van der Waals surface area contributed by atoms with Crippen LogP contribution in [-0.2, 0) is 0 Å². The van der Waals surface area contributed by atoms with Gasteiger partial charge in [-0.05, 0) is 62.0 Å². The van der Waals surface area contributed by atoms with E-state index in [0.717, 1.165) is 44.7 Å². The summed E-state index contributed by atoms with van der Waals surface area (Å²) in [4.78, 5) is 19.0. The molecule has 1 amide bonds. The van der Waals surface area contributed by atoms with Crippen molar-refractivity contribution in [1.29, 1.82) is 0 Å². The Balaban J connectivity index is 1.55. The third kappa shape index (κ3) is 2.82. The maximum Gasteiger partial charge on any atom is 0.272 e. The highest BCUT2D eigenvalue weighted by molar-refractivity contribution is 5.93. The molecule has 1 aromatic heterocycles. The molecule has 2 saturated heterocycles. The predicted octanol–water partition coefficient (Wildman–Crippen LogP) is 2.08. The van der Waals surface area contributed by atoms with Crippen molar-refractivity contribution in [3.63, 3.8) is 0 Å². The third-order valence-corrected chi connectivity index (χ3v) is 5.27. The van der Waals surface area contributed by atoms with Crippen molar-refractivity contribution in [2.24, 2.45) is 11.8 Å². The van der Waals surface area contributed by atoms with Crippen molar-refractivity contribution in [3.05, 3.63) is 48.3 Å². The van der Waals surface area contributed by atoms with Crippen LogP contribution in [0.25, 0.3) is 5.69 Å². The molecule has 24 heavy (non-hydrogen) atoms. The van der Waals surface area contributed by atoms with Crippen LogP contribution in [-0.4, -0.2) is 46.5 Å². The number of hydrogen-bond donors (Lipinski definition) is 1. The average Bonchev–Trinajstić information content (AvgIpc) is 3.21. The van der Waals surface area contributed by atoms with E-state index in [-0.39, 0.29) is 11.7 Å². The zero-order valence-corrected chi connectivity index (χ0v) is 13.5. The number of nitrogens with one attached hydrogen (secondary N) is 1. The summed E-state index contributed by atoms with van der Waals surface area (Å²) in [5, 5.41) is 3.45. The number of imidazole rings is 1. The Kier molecular flexibility index (Phi) is 4.06. The standard InChI is InChI=1S/C18H21FN4O/c19-15-1-3-16(4-2-15)23-12-21-11-17(23)18(24)22-7-5-13-9-20-10-14(13)6-8-22/h1-4,11-14,20H,5-10H2/t13-,14+. The number of aromatic nitrogens is 2. The van der Waals surface area contributed by atoms with Gasteiger partial charge >= 0.3 is 0 Å². The zero-order valence-electron chi connectivity index (χ0n) is 13.5. The quantitative estimate of drug-likeness (QED) is 0.918. The highest BCUT2D eigenvalue weighted by atomic mass is 19.1. The lowest BCUT2D eigenvalue weighted by Gasteiger charge is -2.21. The van der Waals surface area contributed by atoms with Crippen LogP contribution in [0.5, 0.6) is 0 Å². The van der Waals surface area contributed by atoms with Crippen LogP contribution >= 0.6 is 0 Å². The summed E-state index contributed by atoms with van der Waals surface area (Å²) >= 11 is 0. The first-order valence-corrected chi connectivity index (χ1v) is 8.50. The fraction of sp³-hybridized carbons (Fsp3) is 0.444. The van der Waals surface area contributed by atoms with E-state index in [1.54, 1.807) is 29.2 Å². The SMILES string of the molecule is O=C(c1cncn1-c1ccc(F)cc1)N1CC[C@@H]2CNC[C@@H]2CC1. The van der Waals surface area contributed by atoms with Crippen molar-refractivity contribution < 1.29 is 9.18 Å². The Bertz CT molecular complexity index is 713. The van der Waals surface area contributed by atoms with E-state index in [1.807, 2.05) is 4.90 Å². The van der Waals surface area contributed by atoms with Crippen LogP contribution in [0.15, 0.2) is 36.8 Å². The lowest BCUT2D eigenvalue weighted by molar-refractivity contribution is 0.0750. The maximum absolute atomic E-state index is 13.1. The van der Waals surface area contributed by atoms with Gasteiger partial charge in [-0.2, -0.15) is 0 Å². The number of likely N-dealkylation sites (tertiary alicyclic amines) is 1. The largest absolute Gasteiger partial charge is 0.337 e. The molecule has 2 aliphatic rings. The number of hydrogen-bond acceptors (Lipinski definition) is 3. The molecular formula is C18H21FN4O. The van der Waals surface area contributed by atoms with Crippen molar-refractivity contribution in [1.82, 2.24) is 19.8 Å². The van der Waals surface area contributed by atoms with Crippen molar-refractivity contribution in [2.45, 2.75) is 12.8 Å². The molecule has 126 valence electrons. The second-order valence-electron chi connectivity index (χ2n) is 6.67. The van der Waals surface area contributed by atoms with Crippen LogP contribution < -0.4 is 5.32 Å². The molecule has 4 rings (SSSR count). The number of amides is 1. The number of halogens is 1. The molecular weight excluding hydrogens is 307 g/mol. The number of carbonyl (C=O) groups excluding carboxylic acids is 1. The third-order valence-electron chi connectivity index (χ3n) is 5.27. The molecule has 0 bridgehead atoms. The minimum atomic E-state index is -0.292. The molecule has 6 heteroatoms. The van der Waals surface area contributed by atoms with Gasteiger partial charge in [0.2, 0.25) is 0 Å². The summed E-state index contributed by atoms with van der Waals surface area (Å²) in [6, 6.07) is 6.10. The summed E-state index contributed by atoms with van der Waals surface area (Å²) in [6.45, 7) is 3.72. The van der Waals surface area contributed by atoms with Crippen LogP contribution in [0, 0.1) is 17.7 Å². The molecule has 1 N–H and O–H groups in total. The molecule has 2 aliphatic heterocycles. The number of nitrogens with zero attached hydrogens (tertiary/aromatic N) is 3. The van der Waals surface area contributed by atoms with Gasteiger partial charge in [0.15, 0.2) is 0 Å². The predicted molar refractivity (Wildman–Crippen MR) is 88.5 cm³/mol. The van der Waals surface area contributed by atoms with Gasteiger partial charge < -0.3 is 10.2 Å². The Labute approximate surface area is 140 Å². The number of rotatable bonds is 2. The van der Waals surface area contributed by atoms with Crippen LogP contribution in [0.2, 0.25) is 0 Å². The summed E-state index contributed by atoms with van der Waals surface area (Å²) in [5.41, 5.74) is 1.28. The maximum atomic E-state index is 13.1. The summed E-state index contributed by atoms with van der Waals surface area (Å²) in [7, 11) is 0. The Morgan fingerprint density at radius 2 is 1.79 bits per heavy atom. The first-order chi connectivity index (χ1) is 11.7. The summed E-state index contributed by atoms with van der Waals surface area (Å²) in [5.74, 6) is 1.08. The van der Waals surface area contributed by atoms with E-state index >= 15 is 0 Å². The molecule has 0 saturated carbocycles. The van der Waals surface area contributed by atoms with Crippen molar-refractivity contribution in [2.75, 3.05) is 26.2 Å². The van der Waals surface area contributed by atoms with Gasteiger partial charge in [0.25, 0.3) is 5.91 Å². The Morgan fingerprint density at radius 1 is 1.12 bits per heavy atom. The average molecular weight is 328 g/mol. The second-order valence-corrected chi connectivity index (χ2v) is 6.67. The Morgan fingerprint density at radius 3 is 2.46 bits per heavy atom. The van der Waals surface area contributed by atoms with E-state index in [4.69, 9.17) is 0 Å². The number of benzene rings is 1. The topological polar surface area (TPSA) is 50.2 Å². The Hall–Kier alpha value is -2.21. The highest BCUT2D eigenvalue weighted by Crippen LogP contribution is 2.27. The first kappa shape index (κ1) is 15.3.